The summed E-state index contributed by atoms with van der Waals surface area (Å²) in [6.45, 7) is 6.44. The van der Waals surface area contributed by atoms with Crippen molar-refractivity contribution in [2.45, 2.75) is 39.7 Å². The van der Waals surface area contributed by atoms with E-state index in [1.54, 1.807) is 18.2 Å². The van der Waals surface area contributed by atoms with Crippen molar-refractivity contribution in [3.8, 4) is 11.5 Å². The molecule has 0 aliphatic carbocycles. The van der Waals surface area contributed by atoms with Crippen molar-refractivity contribution in [2.75, 3.05) is 13.2 Å². The van der Waals surface area contributed by atoms with Crippen LogP contribution in [0.2, 0.25) is 0 Å². The number of carboxylic acid groups (broad SMARTS) is 1. The number of hydrogen-bond acceptors (Lipinski definition) is 7. The predicted octanol–water partition coefficient (Wildman–Crippen LogP) is 2.60. The van der Waals surface area contributed by atoms with Gasteiger partial charge in [0, 0.05) is 0 Å². The lowest BCUT2D eigenvalue weighted by Crippen LogP contribution is -2.48. The number of benzene rings is 1. The number of carboxylic acids is 1. The van der Waals surface area contributed by atoms with Gasteiger partial charge in [0.05, 0.1) is 30.1 Å². The molecule has 0 saturated carbocycles. The highest BCUT2D eigenvalue weighted by Gasteiger charge is 2.35. The fourth-order valence-corrected chi connectivity index (χ4v) is 3.82. The maximum atomic E-state index is 12.5. The van der Waals surface area contributed by atoms with Crippen molar-refractivity contribution in [3.05, 3.63) is 28.7 Å². The Morgan fingerprint density at radius 1 is 1.33 bits per heavy atom. The van der Waals surface area contributed by atoms with E-state index in [2.05, 4.69) is 6.92 Å². The van der Waals surface area contributed by atoms with Crippen molar-refractivity contribution >= 4 is 46.3 Å². The number of carbonyl (C=O) groups excluding carboxylic acids is 2. The van der Waals surface area contributed by atoms with Crippen LogP contribution in [0.3, 0.4) is 0 Å². The van der Waals surface area contributed by atoms with Crippen LogP contribution in [0, 0.1) is 0 Å². The van der Waals surface area contributed by atoms with Crippen LogP contribution in [0.4, 0.5) is 0 Å². The van der Waals surface area contributed by atoms with Crippen molar-refractivity contribution in [1.29, 1.82) is 0 Å². The Morgan fingerprint density at radius 2 is 2.07 bits per heavy atom. The summed E-state index contributed by atoms with van der Waals surface area (Å²) < 4.78 is 11.6. The van der Waals surface area contributed by atoms with Gasteiger partial charge in [-0.15, -0.1) is 0 Å². The molecule has 0 aromatic heterocycles. The minimum absolute atomic E-state index is 0.201. The van der Waals surface area contributed by atoms with Crippen LogP contribution in [0.5, 0.6) is 11.5 Å². The molecule has 1 atom stereocenters. The molecule has 0 unspecified atom stereocenters. The molecule has 6 nitrogen and oxygen atoms in total. The Kier molecular flexibility index (Phi) is 7.67. The maximum Gasteiger partial charge on any atom is 0.266 e. The fourth-order valence-electron chi connectivity index (χ4n) is 2.40. The zero-order valence-electron chi connectivity index (χ0n) is 15.5. The molecule has 27 heavy (non-hydrogen) atoms. The number of ether oxygens (including phenoxy) is 2. The molecule has 0 radical (unpaired) electrons. The third kappa shape index (κ3) is 5.23. The zero-order chi connectivity index (χ0) is 20.0. The molecule has 1 heterocycles. The number of carbonyl (C=O) groups is 2. The first kappa shape index (κ1) is 21.2. The van der Waals surface area contributed by atoms with Crippen LogP contribution in [-0.4, -0.2) is 40.4 Å². The SMILES string of the molecule is CCCCOc1ccc(/C=C2/SC(=S)N([C@H](C)C(=O)[O-])C2=O)cc1OCC. The second kappa shape index (κ2) is 9.75. The number of rotatable bonds is 9. The Morgan fingerprint density at radius 3 is 2.70 bits per heavy atom. The van der Waals surface area contributed by atoms with E-state index >= 15 is 0 Å². The largest absolute Gasteiger partial charge is 0.548 e. The van der Waals surface area contributed by atoms with Gasteiger partial charge in [0.15, 0.2) is 11.5 Å². The summed E-state index contributed by atoms with van der Waals surface area (Å²) in [6, 6.07) is 4.30. The molecule has 1 aromatic carbocycles. The average molecular weight is 409 g/mol. The van der Waals surface area contributed by atoms with Gasteiger partial charge in [-0.1, -0.05) is 43.4 Å². The summed E-state index contributed by atoms with van der Waals surface area (Å²) in [5, 5.41) is 11.1. The van der Waals surface area contributed by atoms with Gasteiger partial charge in [-0.05, 0) is 44.0 Å². The van der Waals surface area contributed by atoms with Gasteiger partial charge in [0.2, 0.25) is 0 Å². The van der Waals surface area contributed by atoms with Gasteiger partial charge >= 0.3 is 0 Å². The van der Waals surface area contributed by atoms with Crippen LogP contribution in [-0.2, 0) is 9.59 Å². The molecule has 146 valence electrons. The number of amides is 1. The smallest absolute Gasteiger partial charge is 0.266 e. The number of aliphatic carboxylic acids is 1. The number of thiocarbonyl (C=S) groups is 1. The quantitative estimate of drug-likeness (QED) is 0.353. The summed E-state index contributed by atoms with van der Waals surface area (Å²) in [6.07, 6.45) is 3.65. The van der Waals surface area contributed by atoms with Crippen molar-refractivity contribution in [2.24, 2.45) is 0 Å². The average Bonchev–Trinajstić information content (AvgIpc) is 2.90. The van der Waals surface area contributed by atoms with Gasteiger partial charge in [-0.2, -0.15) is 0 Å². The summed E-state index contributed by atoms with van der Waals surface area (Å²) in [7, 11) is 0. The second-order valence-electron chi connectivity index (χ2n) is 5.89. The third-order valence-corrected chi connectivity index (χ3v) is 5.20. The minimum atomic E-state index is -1.35. The van der Waals surface area contributed by atoms with E-state index in [9.17, 15) is 14.7 Å². The lowest BCUT2D eigenvalue weighted by Gasteiger charge is -2.23. The first-order chi connectivity index (χ1) is 12.9. The Balaban J connectivity index is 2.25. The molecule has 0 spiro atoms. The molecule has 1 amide bonds. The van der Waals surface area contributed by atoms with Gasteiger partial charge in [-0.25, -0.2) is 0 Å². The van der Waals surface area contributed by atoms with Gasteiger partial charge in [0.25, 0.3) is 5.91 Å². The predicted molar refractivity (Wildman–Crippen MR) is 107 cm³/mol. The van der Waals surface area contributed by atoms with E-state index in [1.165, 1.54) is 6.92 Å². The molecule has 1 saturated heterocycles. The number of thioether (sulfide) groups is 1. The Labute approximate surface area is 168 Å². The molecule has 1 aromatic rings. The fraction of sp³-hybridized carbons (Fsp3) is 0.421. The van der Waals surface area contributed by atoms with E-state index in [4.69, 9.17) is 21.7 Å². The van der Waals surface area contributed by atoms with Crippen LogP contribution < -0.4 is 14.6 Å². The minimum Gasteiger partial charge on any atom is -0.548 e. The van der Waals surface area contributed by atoms with E-state index in [0.29, 0.717) is 29.6 Å². The maximum absolute atomic E-state index is 12.5. The number of unbranched alkanes of at least 4 members (excludes halogenated alkanes) is 1. The molecule has 8 heteroatoms. The van der Waals surface area contributed by atoms with Crippen molar-refractivity contribution in [3.63, 3.8) is 0 Å². The molecule has 1 aliphatic rings. The van der Waals surface area contributed by atoms with Crippen molar-refractivity contribution < 1.29 is 24.2 Å². The van der Waals surface area contributed by atoms with E-state index in [-0.39, 0.29) is 4.32 Å². The van der Waals surface area contributed by atoms with Gasteiger partial charge < -0.3 is 19.4 Å². The highest BCUT2D eigenvalue weighted by molar-refractivity contribution is 8.26. The molecule has 0 N–H and O–H groups in total. The van der Waals surface area contributed by atoms with Gasteiger partial charge in [-0.3, -0.25) is 9.69 Å². The summed E-state index contributed by atoms with van der Waals surface area (Å²) in [5.41, 5.74) is 0.739. The normalized spacial score (nSPS) is 16.7. The van der Waals surface area contributed by atoms with E-state index in [1.807, 2.05) is 13.0 Å². The topological polar surface area (TPSA) is 78.9 Å². The summed E-state index contributed by atoms with van der Waals surface area (Å²) in [4.78, 5) is 25.0. The van der Waals surface area contributed by atoms with E-state index in [0.717, 1.165) is 35.1 Å². The summed E-state index contributed by atoms with van der Waals surface area (Å²) in [5.74, 6) is -0.538. The molecule has 1 fully saturated rings. The molecule has 2 rings (SSSR count). The highest BCUT2D eigenvalue weighted by Crippen LogP contribution is 2.35. The molecule has 1 aliphatic heterocycles. The van der Waals surface area contributed by atoms with Crippen LogP contribution >= 0.6 is 24.0 Å². The number of nitrogens with zero attached hydrogens (tertiary/aromatic N) is 1. The first-order valence-corrected chi connectivity index (χ1v) is 9.99. The van der Waals surface area contributed by atoms with Gasteiger partial charge in [0.1, 0.15) is 4.32 Å². The van der Waals surface area contributed by atoms with Crippen molar-refractivity contribution in [1.82, 2.24) is 4.90 Å². The molecular weight excluding hydrogens is 386 g/mol. The van der Waals surface area contributed by atoms with Crippen LogP contribution in [0.1, 0.15) is 39.2 Å². The molecular formula is C19H22NO5S2-. The van der Waals surface area contributed by atoms with E-state index < -0.39 is 17.9 Å². The summed E-state index contributed by atoms with van der Waals surface area (Å²) >= 11 is 6.21. The Bertz CT molecular complexity index is 762. The standard InChI is InChI=1S/C19H23NO5S2/c1-4-6-9-25-14-8-7-13(10-15(14)24-5-2)11-16-17(21)20(19(26)27-16)12(3)18(22)23/h7-8,10-12H,4-6,9H2,1-3H3,(H,22,23)/p-1/b16-11+/t12-/m1/s1. The Hall–Kier alpha value is -2.06. The lowest BCUT2D eigenvalue weighted by atomic mass is 10.1. The zero-order valence-corrected chi connectivity index (χ0v) is 17.2. The highest BCUT2D eigenvalue weighted by atomic mass is 32.2. The number of hydrogen-bond donors (Lipinski definition) is 0. The lowest BCUT2D eigenvalue weighted by molar-refractivity contribution is -0.309. The van der Waals surface area contributed by atoms with Crippen LogP contribution in [0.15, 0.2) is 23.1 Å². The first-order valence-electron chi connectivity index (χ1n) is 8.76. The van der Waals surface area contributed by atoms with Crippen LogP contribution in [0.25, 0.3) is 6.08 Å². The third-order valence-electron chi connectivity index (χ3n) is 3.87. The monoisotopic (exact) mass is 408 g/mol. The molecule has 0 bridgehead atoms. The second-order valence-corrected chi connectivity index (χ2v) is 7.56.